The molecule has 2 fully saturated rings. The van der Waals surface area contributed by atoms with E-state index in [2.05, 4.69) is 28.2 Å². The average Bonchev–Trinajstić information content (AvgIpc) is 3.18. The predicted octanol–water partition coefficient (Wildman–Crippen LogP) is 3.03. The second-order valence-electron chi connectivity index (χ2n) is 7.58. The first-order chi connectivity index (χ1) is 12.5. The van der Waals surface area contributed by atoms with Gasteiger partial charge in [0.15, 0.2) is 0 Å². The minimum absolute atomic E-state index is 0.120. The zero-order valence-corrected chi connectivity index (χ0v) is 17.2. The molecule has 0 radical (unpaired) electrons. The number of hydrogen-bond acceptors (Lipinski definition) is 4. The Morgan fingerprint density at radius 2 is 1.96 bits per heavy atom. The lowest BCUT2D eigenvalue weighted by Gasteiger charge is -2.32. The molecule has 2 heterocycles. The van der Waals surface area contributed by atoms with Gasteiger partial charge in [0.2, 0.25) is 0 Å². The summed E-state index contributed by atoms with van der Waals surface area (Å²) in [4.78, 5) is 19.2. The van der Waals surface area contributed by atoms with Crippen LogP contribution < -0.4 is 4.74 Å². The zero-order chi connectivity index (χ0) is 18.7. The molecule has 2 aliphatic heterocycles. The van der Waals surface area contributed by atoms with Crippen molar-refractivity contribution in [2.45, 2.75) is 12.5 Å². The number of ether oxygens (including phenoxy) is 1. The molecule has 0 unspecified atom stereocenters. The van der Waals surface area contributed by atoms with E-state index in [0.29, 0.717) is 11.8 Å². The Hall–Kier alpha value is -1.40. The van der Waals surface area contributed by atoms with E-state index in [1.54, 1.807) is 12.0 Å². The van der Waals surface area contributed by atoms with Crippen LogP contribution in [0.3, 0.4) is 0 Å². The number of methoxy groups -OCH3 is 1. The monoisotopic (exact) mass is 377 g/mol. The maximum absolute atomic E-state index is 12.8. The zero-order valence-electron chi connectivity index (χ0n) is 16.4. The Balaban J connectivity index is 1.79. The highest BCUT2D eigenvalue weighted by molar-refractivity contribution is 7.98. The maximum atomic E-state index is 12.8. The largest absolute Gasteiger partial charge is 0.497 e. The Bertz CT molecular complexity index is 608. The first-order valence-corrected chi connectivity index (χ1v) is 10.8. The van der Waals surface area contributed by atoms with Gasteiger partial charge in [-0.2, -0.15) is 11.8 Å². The lowest BCUT2D eigenvalue weighted by atomic mass is 9.89. The summed E-state index contributed by atoms with van der Waals surface area (Å²) in [6.07, 6.45) is 3.41. The summed E-state index contributed by atoms with van der Waals surface area (Å²) in [5.41, 5.74) is 1.22. The van der Waals surface area contributed by atoms with E-state index in [1.807, 2.05) is 38.0 Å². The van der Waals surface area contributed by atoms with Crippen molar-refractivity contribution in [1.82, 2.24) is 14.7 Å². The fourth-order valence-corrected chi connectivity index (χ4v) is 4.85. The molecule has 2 saturated heterocycles. The van der Waals surface area contributed by atoms with Crippen molar-refractivity contribution >= 4 is 17.8 Å². The number of carbonyl (C=O) groups excluding carboxylic acids is 1. The molecule has 1 aromatic carbocycles. The van der Waals surface area contributed by atoms with Crippen molar-refractivity contribution in [1.29, 1.82) is 0 Å². The number of carbonyl (C=O) groups is 1. The average molecular weight is 378 g/mol. The van der Waals surface area contributed by atoms with Gasteiger partial charge in [-0.25, -0.2) is 4.79 Å². The van der Waals surface area contributed by atoms with E-state index in [-0.39, 0.29) is 12.1 Å². The number of rotatable bonds is 6. The molecule has 2 aliphatic rings. The molecule has 2 amide bonds. The molecule has 0 N–H and O–H groups in total. The smallest absolute Gasteiger partial charge is 0.320 e. The fourth-order valence-electron chi connectivity index (χ4n) is 4.43. The highest BCUT2D eigenvalue weighted by atomic mass is 32.2. The van der Waals surface area contributed by atoms with Gasteiger partial charge < -0.3 is 19.4 Å². The summed E-state index contributed by atoms with van der Waals surface area (Å²) in [5.74, 6) is 3.17. The Morgan fingerprint density at radius 3 is 2.58 bits per heavy atom. The second kappa shape index (κ2) is 8.53. The fraction of sp³-hybridized carbons (Fsp3) is 0.650. The van der Waals surface area contributed by atoms with Crippen LogP contribution in [0.5, 0.6) is 5.75 Å². The van der Waals surface area contributed by atoms with Crippen LogP contribution in [0.15, 0.2) is 24.3 Å². The Labute approximate surface area is 161 Å². The number of amides is 2. The summed E-state index contributed by atoms with van der Waals surface area (Å²) in [5, 5.41) is 0. The quantitative estimate of drug-likeness (QED) is 0.714. The third-order valence-electron chi connectivity index (χ3n) is 5.65. The van der Waals surface area contributed by atoms with E-state index in [1.165, 1.54) is 24.3 Å². The molecule has 0 spiro atoms. The van der Waals surface area contributed by atoms with Crippen molar-refractivity contribution in [2.24, 2.45) is 11.8 Å². The summed E-state index contributed by atoms with van der Waals surface area (Å²) in [6.45, 7) is 4.23. The van der Waals surface area contributed by atoms with Crippen LogP contribution in [0.2, 0.25) is 0 Å². The minimum Gasteiger partial charge on any atom is -0.497 e. The van der Waals surface area contributed by atoms with Gasteiger partial charge in [-0.1, -0.05) is 12.1 Å². The maximum Gasteiger partial charge on any atom is 0.320 e. The van der Waals surface area contributed by atoms with Crippen molar-refractivity contribution in [3.8, 4) is 5.75 Å². The Morgan fingerprint density at radius 1 is 1.23 bits per heavy atom. The van der Waals surface area contributed by atoms with Crippen LogP contribution in [0.25, 0.3) is 0 Å². The molecule has 3 rings (SSSR count). The molecule has 5 nitrogen and oxygen atoms in total. The third-order valence-corrected chi connectivity index (χ3v) is 6.35. The summed E-state index contributed by atoms with van der Waals surface area (Å²) in [7, 11) is 5.37. The van der Waals surface area contributed by atoms with Crippen LogP contribution in [-0.4, -0.2) is 80.1 Å². The number of nitrogens with zero attached hydrogens (tertiary/aromatic N) is 3. The van der Waals surface area contributed by atoms with Gasteiger partial charge in [0.05, 0.1) is 13.2 Å². The van der Waals surface area contributed by atoms with Crippen LogP contribution in [0.1, 0.15) is 18.0 Å². The normalized spacial score (nSPS) is 25.4. The van der Waals surface area contributed by atoms with E-state index in [9.17, 15) is 4.79 Å². The van der Waals surface area contributed by atoms with Crippen molar-refractivity contribution in [2.75, 3.05) is 59.4 Å². The molecule has 0 saturated carbocycles. The highest BCUT2D eigenvalue weighted by Crippen LogP contribution is 2.45. The van der Waals surface area contributed by atoms with Gasteiger partial charge in [-0.3, -0.25) is 0 Å². The van der Waals surface area contributed by atoms with E-state index in [4.69, 9.17) is 4.74 Å². The molecule has 0 aromatic heterocycles. The SMILES string of the molecule is COc1ccc([C@H]2[C@@H]3CN(CCCSC)C[C@@H]3CN2C(=O)N(C)C)cc1. The van der Waals surface area contributed by atoms with E-state index < -0.39 is 0 Å². The summed E-state index contributed by atoms with van der Waals surface area (Å²) in [6, 6.07) is 8.54. The van der Waals surface area contributed by atoms with Crippen molar-refractivity contribution in [3.63, 3.8) is 0 Å². The van der Waals surface area contributed by atoms with Crippen LogP contribution in [0, 0.1) is 11.8 Å². The van der Waals surface area contributed by atoms with Gasteiger partial charge in [-0.15, -0.1) is 0 Å². The standard InChI is InChI=1S/C20H31N3O2S/c1-21(2)20(24)23-13-16-12-22(10-5-11-26-4)14-18(16)19(23)15-6-8-17(25-3)9-7-15/h6-9,16,18-19H,5,10-14H2,1-4H3/t16-,18-,19+/m1/s1. The molecular weight excluding hydrogens is 346 g/mol. The number of thioether (sulfide) groups is 1. The van der Waals surface area contributed by atoms with Gasteiger partial charge in [-0.05, 0) is 48.6 Å². The van der Waals surface area contributed by atoms with E-state index >= 15 is 0 Å². The van der Waals surface area contributed by atoms with Gasteiger partial charge in [0, 0.05) is 39.6 Å². The lowest BCUT2D eigenvalue weighted by molar-refractivity contribution is 0.152. The third kappa shape index (κ3) is 3.96. The van der Waals surface area contributed by atoms with Crippen LogP contribution >= 0.6 is 11.8 Å². The van der Waals surface area contributed by atoms with Crippen molar-refractivity contribution in [3.05, 3.63) is 29.8 Å². The molecular formula is C20H31N3O2S. The van der Waals surface area contributed by atoms with Gasteiger partial charge in [0.25, 0.3) is 0 Å². The molecule has 6 heteroatoms. The van der Waals surface area contributed by atoms with E-state index in [0.717, 1.165) is 25.4 Å². The number of hydrogen-bond donors (Lipinski definition) is 0. The molecule has 0 bridgehead atoms. The first kappa shape index (κ1) is 19.4. The lowest BCUT2D eigenvalue weighted by Crippen LogP contribution is -2.41. The molecule has 3 atom stereocenters. The van der Waals surface area contributed by atoms with Gasteiger partial charge >= 0.3 is 6.03 Å². The van der Waals surface area contributed by atoms with Gasteiger partial charge in [0.1, 0.15) is 5.75 Å². The highest BCUT2D eigenvalue weighted by Gasteiger charge is 2.49. The predicted molar refractivity (Wildman–Crippen MR) is 108 cm³/mol. The molecule has 144 valence electrons. The number of urea groups is 1. The Kier molecular flexibility index (Phi) is 6.35. The number of likely N-dealkylation sites (tertiary alicyclic amines) is 2. The molecule has 1 aromatic rings. The molecule has 0 aliphatic carbocycles. The topological polar surface area (TPSA) is 36.0 Å². The number of benzene rings is 1. The number of fused-ring (bicyclic) bond motifs is 1. The molecule has 26 heavy (non-hydrogen) atoms. The second-order valence-corrected chi connectivity index (χ2v) is 8.56. The van der Waals surface area contributed by atoms with Crippen LogP contribution in [0.4, 0.5) is 4.79 Å². The minimum atomic E-state index is 0.120. The summed E-state index contributed by atoms with van der Waals surface area (Å²) >= 11 is 1.92. The van der Waals surface area contributed by atoms with Crippen molar-refractivity contribution < 1.29 is 9.53 Å². The first-order valence-electron chi connectivity index (χ1n) is 9.38. The van der Waals surface area contributed by atoms with Crippen LogP contribution in [-0.2, 0) is 0 Å². The summed E-state index contributed by atoms with van der Waals surface area (Å²) < 4.78 is 5.30.